The van der Waals surface area contributed by atoms with Crippen LogP contribution in [0.2, 0.25) is 0 Å². The lowest BCUT2D eigenvalue weighted by Gasteiger charge is -2.22. The molecule has 6 nitrogen and oxygen atoms in total. The summed E-state index contributed by atoms with van der Waals surface area (Å²) >= 11 is 0. The number of ether oxygens (including phenoxy) is 2. The molecule has 0 saturated carbocycles. The summed E-state index contributed by atoms with van der Waals surface area (Å²) in [7, 11) is 3.79. The Morgan fingerprint density at radius 2 is 2.08 bits per heavy atom. The summed E-state index contributed by atoms with van der Waals surface area (Å²) in [4.78, 5) is 10.8. The molecule has 25 heavy (non-hydrogen) atoms. The molecule has 7 heteroatoms. The maximum Gasteiger partial charge on any atom is 0.231 e. The lowest BCUT2D eigenvalue weighted by molar-refractivity contribution is 0.174. The van der Waals surface area contributed by atoms with E-state index < -0.39 is 0 Å². The molecule has 1 N–H and O–H groups in total. The number of aromatic nitrogens is 1. The van der Waals surface area contributed by atoms with Crippen molar-refractivity contribution in [3.63, 3.8) is 0 Å². The summed E-state index contributed by atoms with van der Waals surface area (Å²) in [6.07, 6.45) is 1.81. The highest BCUT2D eigenvalue weighted by Gasteiger charge is 2.14. The monoisotopic (exact) mass is 454 g/mol. The van der Waals surface area contributed by atoms with E-state index in [0.29, 0.717) is 13.3 Å². The number of hydrogen-bond donors (Lipinski definition) is 1. The summed E-state index contributed by atoms with van der Waals surface area (Å²) in [6.45, 7) is 3.71. The van der Waals surface area contributed by atoms with Crippen LogP contribution in [0.1, 0.15) is 16.8 Å². The van der Waals surface area contributed by atoms with Gasteiger partial charge >= 0.3 is 0 Å². The van der Waals surface area contributed by atoms with E-state index in [0.717, 1.165) is 35.3 Å². The van der Waals surface area contributed by atoms with Gasteiger partial charge in [-0.05, 0) is 36.2 Å². The quantitative estimate of drug-likeness (QED) is 0.438. The van der Waals surface area contributed by atoms with Gasteiger partial charge in [-0.25, -0.2) is 0 Å². The second-order valence-corrected chi connectivity index (χ2v) is 5.71. The summed E-state index contributed by atoms with van der Waals surface area (Å²) in [5.41, 5.74) is 3.33. The van der Waals surface area contributed by atoms with Crippen LogP contribution in [0.25, 0.3) is 0 Å². The molecule has 1 aliphatic rings. The highest BCUT2D eigenvalue weighted by Crippen LogP contribution is 2.32. The lowest BCUT2D eigenvalue weighted by Crippen LogP contribution is -2.38. The molecule has 1 aromatic heterocycles. The van der Waals surface area contributed by atoms with Gasteiger partial charge in [0, 0.05) is 26.8 Å². The molecule has 1 aromatic carbocycles. The lowest BCUT2D eigenvalue weighted by atomic mass is 10.2. The second-order valence-electron chi connectivity index (χ2n) is 5.71. The fourth-order valence-electron chi connectivity index (χ4n) is 2.64. The number of nitrogens with zero attached hydrogens (tertiary/aromatic N) is 3. The Balaban J connectivity index is 0.00000225. The van der Waals surface area contributed by atoms with Crippen LogP contribution < -0.4 is 14.8 Å². The average molecular weight is 454 g/mol. The number of rotatable bonds is 4. The van der Waals surface area contributed by atoms with Crippen LogP contribution in [0.15, 0.2) is 41.5 Å². The van der Waals surface area contributed by atoms with Gasteiger partial charge in [0.05, 0.1) is 12.2 Å². The molecule has 0 amide bonds. The normalized spacial score (nSPS) is 12.5. The minimum absolute atomic E-state index is 0. The summed E-state index contributed by atoms with van der Waals surface area (Å²) in [5.74, 6) is 2.42. The number of benzene rings is 1. The van der Waals surface area contributed by atoms with Gasteiger partial charge in [-0.3, -0.25) is 9.98 Å². The van der Waals surface area contributed by atoms with E-state index in [1.165, 1.54) is 5.56 Å². The zero-order valence-corrected chi connectivity index (χ0v) is 17.0. The Labute approximate surface area is 165 Å². The average Bonchev–Trinajstić information content (AvgIpc) is 3.04. The number of pyridine rings is 1. The first-order valence-corrected chi connectivity index (χ1v) is 7.88. The van der Waals surface area contributed by atoms with Gasteiger partial charge in [0.25, 0.3) is 0 Å². The predicted octanol–water partition coefficient (Wildman–Crippen LogP) is 2.94. The summed E-state index contributed by atoms with van der Waals surface area (Å²) in [5, 5.41) is 3.36. The zero-order chi connectivity index (χ0) is 16.9. The van der Waals surface area contributed by atoms with E-state index in [9.17, 15) is 0 Å². The summed E-state index contributed by atoms with van der Waals surface area (Å²) < 4.78 is 10.8. The van der Waals surface area contributed by atoms with Crippen molar-refractivity contribution in [3.8, 4) is 11.5 Å². The molecule has 0 radical (unpaired) electrons. The van der Waals surface area contributed by atoms with Crippen LogP contribution >= 0.6 is 24.0 Å². The maximum absolute atomic E-state index is 5.43. The Morgan fingerprint density at radius 3 is 2.84 bits per heavy atom. The van der Waals surface area contributed by atoms with Crippen LogP contribution in [-0.4, -0.2) is 36.7 Å². The molecular weight excluding hydrogens is 431 g/mol. The Morgan fingerprint density at radius 1 is 1.28 bits per heavy atom. The molecule has 0 unspecified atom stereocenters. The van der Waals surface area contributed by atoms with Gasteiger partial charge in [0.15, 0.2) is 17.5 Å². The standard InChI is InChI=1S/C18H22N4O2.HI/c1-13-5-4-8-20-15(13)10-21-18(19-2)22(3)11-14-6-7-16-17(9-14)24-12-23-16;/h4-9H,10-12H2,1-3H3,(H,19,21);1H. The third-order valence-corrected chi connectivity index (χ3v) is 3.96. The zero-order valence-electron chi connectivity index (χ0n) is 14.7. The topological polar surface area (TPSA) is 59.0 Å². The number of nitrogens with one attached hydrogen (secondary N) is 1. The molecule has 2 aromatic rings. The first-order valence-electron chi connectivity index (χ1n) is 7.88. The number of halogens is 1. The predicted molar refractivity (Wildman–Crippen MR) is 109 cm³/mol. The maximum atomic E-state index is 5.43. The largest absolute Gasteiger partial charge is 0.454 e. The highest BCUT2D eigenvalue weighted by atomic mass is 127. The Bertz CT molecular complexity index is 752. The smallest absolute Gasteiger partial charge is 0.231 e. The van der Waals surface area contributed by atoms with E-state index in [-0.39, 0.29) is 24.0 Å². The van der Waals surface area contributed by atoms with E-state index in [1.54, 1.807) is 7.05 Å². The van der Waals surface area contributed by atoms with Gasteiger partial charge in [0.2, 0.25) is 6.79 Å². The van der Waals surface area contributed by atoms with Crippen molar-refractivity contribution in [1.82, 2.24) is 15.2 Å². The number of guanidine groups is 1. The minimum atomic E-state index is 0. The van der Waals surface area contributed by atoms with E-state index in [2.05, 4.69) is 33.2 Å². The number of aryl methyl sites for hydroxylation is 1. The van der Waals surface area contributed by atoms with Crippen molar-refractivity contribution in [1.29, 1.82) is 0 Å². The van der Waals surface area contributed by atoms with Gasteiger partial charge in [-0.2, -0.15) is 0 Å². The number of aliphatic imine (C=N–C) groups is 1. The second kappa shape index (κ2) is 8.89. The van der Waals surface area contributed by atoms with Crippen LogP contribution in [-0.2, 0) is 13.1 Å². The third-order valence-electron chi connectivity index (χ3n) is 3.96. The van der Waals surface area contributed by atoms with Crippen molar-refractivity contribution < 1.29 is 9.47 Å². The van der Waals surface area contributed by atoms with Crippen molar-refractivity contribution >= 4 is 29.9 Å². The molecule has 0 saturated heterocycles. The highest BCUT2D eigenvalue weighted by molar-refractivity contribution is 14.0. The van der Waals surface area contributed by atoms with Crippen LogP contribution in [0.5, 0.6) is 11.5 Å². The molecule has 1 aliphatic heterocycles. The first-order chi connectivity index (χ1) is 11.7. The van der Waals surface area contributed by atoms with Crippen LogP contribution in [0.3, 0.4) is 0 Å². The molecule has 0 aliphatic carbocycles. The molecule has 0 spiro atoms. The van der Waals surface area contributed by atoms with Crippen molar-refractivity contribution in [2.75, 3.05) is 20.9 Å². The van der Waals surface area contributed by atoms with Gasteiger partial charge < -0.3 is 19.7 Å². The fourth-order valence-corrected chi connectivity index (χ4v) is 2.64. The van der Waals surface area contributed by atoms with Crippen molar-refractivity contribution in [3.05, 3.63) is 53.3 Å². The molecule has 0 bridgehead atoms. The van der Waals surface area contributed by atoms with Gasteiger partial charge in [0.1, 0.15) is 0 Å². The molecule has 3 rings (SSSR count). The molecule has 0 atom stereocenters. The SMILES string of the molecule is CN=C(NCc1ncccc1C)N(C)Cc1ccc2c(c1)OCO2.I. The fraction of sp³-hybridized carbons (Fsp3) is 0.333. The third kappa shape index (κ3) is 4.75. The van der Waals surface area contributed by atoms with Crippen molar-refractivity contribution in [2.45, 2.75) is 20.0 Å². The van der Waals surface area contributed by atoms with Gasteiger partial charge in [-0.15, -0.1) is 24.0 Å². The minimum Gasteiger partial charge on any atom is -0.454 e. The Hall–Kier alpha value is -2.03. The number of hydrogen-bond acceptors (Lipinski definition) is 4. The number of fused-ring (bicyclic) bond motifs is 1. The van der Waals surface area contributed by atoms with Crippen molar-refractivity contribution in [2.24, 2.45) is 4.99 Å². The molecular formula is C18H23IN4O2. The van der Waals surface area contributed by atoms with E-state index in [1.807, 2.05) is 37.5 Å². The molecule has 2 heterocycles. The van der Waals surface area contributed by atoms with Crippen LogP contribution in [0.4, 0.5) is 0 Å². The first kappa shape index (κ1) is 19.3. The van der Waals surface area contributed by atoms with Gasteiger partial charge in [-0.1, -0.05) is 12.1 Å². The summed E-state index contributed by atoms with van der Waals surface area (Å²) in [6, 6.07) is 10.00. The van der Waals surface area contributed by atoms with E-state index >= 15 is 0 Å². The molecule has 0 fully saturated rings. The Kier molecular flexibility index (Phi) is 6.86. The van der Waals surface area contributed by atoms with E-state index in [4.69, 9.17) is 9.47 Å². The molecule has 134 valence electrons. The van der Waals surface area contributed by atoms with Crippen LogP contribution in [0, 0.1) is 6.92 Å².